The van der Waals surface area contributed by atoms with Crippen LogP contribution in [0.3, 0.4) is 0 Å². The number of aliphatic hydroxyl groups excluding tert-OH is 1. The van der Waals surface area contributed by atoms with Gasteiger partial charge >= 0.3 is 0 Å². The highest BCUT2D eigenvalue weighted by Gasteiger charge is 2.63. The van der Waals surface area contributed by atoms with Crippen LogP contribution in [0.1, 0.15) is 0 Å². The maximum absolute atomic E-state index is 9.59. The molecule has 11 heavy (non-hydrogen) atoms. The average molecular weight is 157 g/mol. The van der Waals surface area contributed by atoms with Gasteiger partial charge in [-0.15, -0.1) is 0 Å². The molecule has 2 N–H and O–H groups in total. The monoisotopic (exact) mass is 157 g/mol. The summed E-state index contributed by atoms with van der Waals surface area (Å²) in [6.07, 6.45) is -0.530. The van der Waals surface area contributed by atoms with Gasteiger partial charge in [0.2, 0.25) is 0 Å². The molecule has 3 saturated heterocycles. The van der Waals surface area contributed by atoms with E-state index in [1.54, 1.807) is 0 Å². The van der Waals surface area contributed by atoms with Crippen LogP contribution in [0.5, 0.6) is 0 Å². The molecule has 3 aliphatic rings. The Morgan fingerprint density at radius 2 is 2.45 bits per heavy atom. The second kappa shape index (κ2) is 1.77. The number of nitrogens with one attached hydrogen (secondary N) is 1. The molecule has 4 nitrogen and oxygen atoms in total. The van der Waals surface area contributed by atoms with Gasteiger partial charge in [0.15, 0.2) is 0 Å². The predicted octanol–water partition coefficient (Wildman–Crippen LogP) is -1.51. The zero-order chi connectivity index (χ0) is 7.47. The van der Waals surface area contributed by atoms with Crippen molar-refractivity contribution in [2.75, 3.05) is 19.7 Å². The smallest absolute Gasteiger partial charge is 0.133 e. The first-order valence-corrected chi connectivity index (χ1v) is 4.00. The molecule has 2 bridgehead atoms. The molecule has 0 amide bonds. The van der Waals surface area contributed by atoms with E-state index in [9.17, 15) is 5.11 Å². The minimum atomic E-state index is -0.418. The Morgan fingerprint density at radius 3 is 3.09 bits per heavy atom. The largest absolute Gasteiger partial charge is 0.388 e. The van der Waals surface area contributed by atoms with Crippen LogP contribution >= 0.6 is 0 Å². The number of hydrogen-bond donors (Lipinski definition) is 2. The molecule has 4 atom stereocenters. The van der Waals surface area contributed by atoms with Crippen LogP contribution in [0.25, 0.3) is 0 Å². The van der Waals surface area contributed by atoms with E-state index >= 15 is 0 Å². The van der Waals surface area contributed by atoms with Crippen LogP contribution in [0, 0.1) is 0 Å². The fourth-order valence-electron chi connectivity index (χ4n) is 2.22. The maximum atomic E-state index is 9.59. The van der Waals surface area contributed by atoms with E-state index < -0.39 is 6.10 Å². The van der Waals surface area contributed by atoms with Crippen LogP contribution in [-0.2, 0) is 9.47 Å². The second-order valence-electron chi connectivity index (χ2n) is 3.57. The first-order valence-electron chi connectivity index (χ1n) is 4.00. The summed E-state index contributed by atoms with van der Waals surface area (Å²) < 4.78 is 10.9. The van der Waals surface area contributed by atoms with Crippen molar-refractivity contribution in [3.8, 4) is 0 Å². The van der Waals surface area contributed by atoms with Crippen molar-refractivity contribution >= 4 is 0 Å². The number of ether oxygens (including phenoxy) is 2. The van der Waals surface area contributed by atoms with Gasteiger partial charge in [-0.3, -0.25) is 0 Å². The van der Waals surface area contributed by atoms with Gasteiger partial charge in [0.1, 0.15) is 17.8 Å². The topological polar surface area (TPSA) is 50.7 Å². The van der Waals surface area contributed by atoms with Gasteiger partial charge in [-0.05, 0) is 0 Å². The number of fused-ring (bicyclic) bond motifs is 1. The highest BCUT2D eigenvalue weighted by atomic mass is 16.6. The van der Waals surface area contributed by atoms with Gasteiger partial charge < -0.3 is 19.9 Å². The molecule has 4 heteroatoms. The van der Waals surface area contributed by atoms with E-state index in [1.807, 2.05) is 0 Å². The van der Waals surface area contributed by atoms with E-state index in [0.717, 1.165) is 13.1 Å². The van der Waals surface area contributed by atoms with Crippen molar-refractivity contribution in [2.45, 2.75) is 23.9 Å². The summed E-state index contributed by atoms with van der Waals surface area (Å²) in [6.45, 7) is 2.21. The average Bonchev–Trinajstić information content (AvgIpc) is 2.12. The Labute approximate surface area is 64.5 Å². The third-order valence-electron chi connectivity index (χ3n) is 2.87. The molecular weight excluding hydrogens is 146 g/mol. The highest BCUT2D eigenvalue weighted by Crippen LogP contribution is 2.42. The van der Waals surface area contributed by atoms with Gasteiger partial charge in [0.05, 0.1) is 12.7 Å². The second-order valence-corrected chi connectivity index (χ2v) is 3.57. The SMILES string of the molecule is OC1C2CNCC3(COC13)O2. The fourth-order valence-corrected chi connectivity index (χ4v) is 2.22. The summed E-state index contributed by atoms with van der Waals surface area (Å²) in [4.78, 5) is 0. The third kappa shape index (κ3) is 0.597. The zero-order valence-electron chi connectivity index (χ0n) is 6.12. The lowest BCUT2D eigenvalue weighted by Gasteiger charge is -2.44. The molecule has 0 aliphatic carbocycles. The zero-order valence-corrected chi connectivity index (χ0v) is 6.12. The number of rotatable bonds is 0. The van der Waals surface area contributed by atoms with E-state index in [2.05, 4.69) is 5.32 Å². The maximum Gasteiger partial charge on any atom is 0.133 e. The van der Waals surface area contributed by atoms with Gasteiger partial charge in [0.25, 0.3) is 0 Å². The van der Waals surface area contributed by atoms with Crippen LogP contribution in [0.4, 0.5) is 0 Å². The fraction of sp³-hybridized carbons (Fsp3) is 1.00. The molecule has 0 aromatic heterocycles. The number of morpholine rings is 1. The van der Waals surface area contributed by atoms with E-state index in [1.165, 1.54) is 0 Å². The molecule has 3 fully saturated rings. The summed E-state index contributed by atoms with van der Waals surface area (Å²) >= 11 is 0. The van der Waals surface area contributed by atoms with Crippen molar-refractivity contribution in [3.63, 3.8) is 0 Å². The van der Waals surface area contributed by atoms with Gasteiger partial charge in [0, 0.05) is 13.1 Å². The Bertz CT molecular complexity index is 198. The number of hydrogen-bond acceptors (Lipinski definition) is 4. The van der Waals surface area contributed by atoms with Gasteiger partial charge in [-0.2, -0.15) is 0 Å². The third-order valence-corrected chi connectivity index (χ3v) is 2.87. The predicted molar refractivity (Wildman–Crippen MR) is 36.2 cm³/mol. The summed E-state index contributed by atoms with van der Waals surface area (Å²) in [6, 6.07) is 0. The highest BCUT2D eigenvalue weighted by molar-refractivity contribution is 5.13. The van der Waals surface area contributed by atoms with Crippen LogP contribution < -0.4 is 5.32 Å². The Morgan fingerprint density at radius 1 is 1.55 bits per heavy atom. The first kappa shape index (κ1) is 6.37. The van der Waals surface area contributed by atoms with Crippen molar-refractivity contribution in [1.82, 2.24) is 5.32 Å². The van der Waals surface area contributed by atoms with E-state index in [4.69, 9.17) is 9.47 Å². The Balaban J connectivity index is 1.96. The van der Waals surface area contributed by atoms with E-state index in [0.29, 0.717) is 6.61 Å². The molecule has 3 rings (SSSR count). The van der Waals surface area contributed by atoms with Crippen LogP contribution in [0.15, 0.2) is 0 Å². The molecule has 1 spiro atoms. The van der Waals surface area contributed by atoms with Gasteiger partial charge in [-0.25, -0.2) is 0 Å². The molecule has 3 heterocycles. The normalized spacial score (nSPS) is 60.3. The molecule has 62 valence electrons. The lowest BCUT2D eigenvalue weighted by Crippen LogP contribution is -2.63. The summed E-state index contributed by atoms with van der Waals surface area (Å²) in [5.74, 6) is 0. The van der Waals surface area contributed by atoms with Gasteiger partial charge in [-0.1, -0.05) is 0 Å². The molecule has 0 aromatic rings. The number of aliphatic hydroxyl groups is 1. The molecule has 0 radical (unpaired) electrons. The van der Waals surface area contributed by atoms with Crippen molar-refractivity contribution in [2.24, 2.45) is 0 Å². The Hall–Kier alpha value is -0.160. The van der Waals surface area contributed by atoms with Crippen LogP contribution in [0.2, 0.25) is 0 Å². The molecule has 3 aliphatic heterocycles. The minimum absolute atomic E-state index is 0.0451. The lowest BCUT2D eigenvalue weighted by molar-refractivity contribution is -0.232. The lowest BCUT2D eigenvalue weighted by atomic mass is 9.91. The quantitative estimate of drug-likeness (QED) is 0.448. The molecule has 0 saturated carbocycles. The summed E-state index contributed by atoms with van der Waals surface area (Å²) in [5, 5.41) is 12.8. The van der Waals surface area contributed by atoms with E-state index in [-0.39, 0.29) is 17.8 Å². The minimum Gasteiger partial charge on any atom is -0.388 e. The molecule has 4 unspecified atom stereocenters. The Kier molecular flexibility index (Phi) is 1.02. The standard InChI is InChI=1S/C7H11NO3/c9-5-4-1-8-2-7(11-4)3-10-6(5)7/h4-6,8-9H,1-3H2. The molecular formula is C7H11NO3. The first-order chi connectivity index (χ1) is 5.32. The van der Waals surface area contributed by atoms with Crippen molar-refractivity contribution < 1.29 is 14.6 Å². The molecule has 0 aromatic carbocycles. The van der Waals surface area contributed by atoms with Crippen molar-refractivity contribution in [1.29, 1.82) is 0 Å². The van der Waals surface area contributed by atoms with Crippen LogP contribution in [-0.4, -0.2) is 48.7 Å². The van der Waals surface area contributed by atoms with Crippen molar-refractivity contribution in [3.05, 3.63) is 0 Å². The summed E-state index contributed by atoms with van der Waals surface area (Å²) in [5.41, 5.74) is -0.178. The summed E-state index contributed by atoms with van der Waals surface area (Å²) in [7, 11) is 0.